The molecule has 5 aromatic carbocycles. The third kappa shape index (κ3) is 12.1. The highest BCUT2D eigenvalue weighted by Gasteiger charge is 2.40. The summed E-state index contributed by atoms with van der Waals surface area (Å²) in [6.45, 7) is 6.23. The summed E-state index contributed by atoms with van der Waals surface area (Å²) in [6, 6.07) is 41.4. The van der Waals surface area contributed by atoms with E-state index in [0.717, 1.165) is 37.9 Å². The Kier molecular flexibility index (Phi) is 17.0. The number of carbonyl (C=O) groups excluding carboxylic acids is 4. The highest BCUT2D eigenvalue weighted by molar-refractivity contribution is 7.17. The number of hydrogen-bond donors (Lipinski definition) is 4. The Labute approximate surface area is 383 Å². The van der Waals surface area contributed by atoms with Gasteiger partial charge in [-0.15, -0.1) is 11.3 Å². The topological polar surface area (TPSA) is 141 Å². The van der Waals surface area contributed by atoms with Crippen molar-refractivity contribution in [1.29, 1.82) is 0 Å². The molecular weight excluding hydrogens is 848 g/mol. The number of thiophene rings is 1. The number of hydrazine groups is 1. The van der Waals surface area contributed by atoms with Gasteiger partial charge in [0.1, 0.15) is 11.6 Å². The van der Waals surface area contributed by atoms with E-state index in [9.17, 15) is 14.4 Å². The number of rotatable bonds is 21. The maximum Gasteiger partial charge on any atom is 0.329 e. The molecule has 0 aliphatic heterocycles. The summed E-state index contributed by atoms with van der Waals surface area (Å²) >= 11 is 7.57. The van der Waals surface area contributed by atoms with Gasteiger partial charge in [-0.3, -0.25) is 19.8 Å². The number of amides is 5. The zero-order chi connectivity index (χ0) is 45.5. The van der Waals surface area contributed by atoms with Crippen LogP contribution in [0, 0.1) is 0 Å². The Morgan fingerprint density at radius 2 is 1.28 bits per heavy atom. The number of nitrogens with one attached hydrogen (secondary N) is 4. The summed E-state index contributed by atoms with van der Waals surface area (Å²) in [5.74, 6) is -1.62. The van der Waals surface area contributed by atoms with E-state index in [1.54, 1.807) is 40.5 Å². The number of carbonyl (C=O) groups is 4. The van der Waals surface area contributed by atoms with Crippen LogP contribution in [0.15, 0.2) is 145 Å². The molecule has 0 saturated heterocycles. The third-order valence-corrected chi connectivity index (χ3v) is 12.0. The van der Waals surface area contributed by atoms with Crippen molar-refractivity contribution in [2.45, 2.75) is 64.2 Å². The molecule has 0 spiro atoms. The van der Waals surface area contributed by atoms with Crippen LogP contribution >= 0.6 is 22.9 Å². The Bertz CT molecular complexity index is 2340. The highest BCUT2D eigenvalue weighted by Crippen LogP contribution is 2.37. The first kappa shape index (κ1) is 47.4. The lowest BCUT2D eigenvalue weighted by Gasteiger charge is -2.38. The van der Waals surface area contributed by atoms with Gasteiger partial charge in [0, 0.05) is 43.1 Å². The Balaban J connectivity index is 1.33. The van der Waals surface area contributed by atoms with Gasteiger partial charge in [-0.2, -0.15) is 0 Å². The predicted octanol–water partition coefficient (Wildman–Crippen LogP) is 8.00. The molecule has 6 aromatic rings. The third-order valence-electron chi connectivity index (χ3n) is 10.7. The molecule has 0 aliphatic rings. The molecule has 64 heavy (non-hydrogen) atoms. The minimum absolute atomic E-state index is 0.145. The fourth-order valence-electron chi connectivity index (χ4n) is 7.68. The first-order valence-corrected chi connectivity index (χ1v) is 22.5. The van der Waals surface area contributed by atoms with Gasteiger partial charge in [0.05, 0.1) is 19.0 Å². The highest BCUT2D eigenvalue weighted by atomic mass is 35.5. The second-order valence-electron chi connectivity index (χ2n) is 15.2. The molecule has 334 valence electrons. The van der Waals surface area contributed by atoms with Crippen LogP contribution in [0.3, 0.4) is 0 Å². The summed E-state index contributed by atoms with van der Waals surface area (Å²) in [5, 5.41) is 13.9. The second-order valence-corrected chi connectivity index (χ2v) is 16.6. The molecule has 12 nitrogen and oxygen atoms in total. The van der Waals surface area contributed by atoms with E-state index in [0.29, 0.717) is 18.2 Å². The molecule has 4 N–H and O–H groups in total. The number of halogens is 1. The van der Waals surface area contributed by atoms with E-state index in [2.05, 4.69) is 21.4 Å². The first-order valence-electron chi connectivity index (χ1n) is 21.3. The summed E-state index contributed by atoms with van der Waals surface area (Å²) in [4.78, 5) is 58.7. The van der Waals surface area contributed by atoms with E-state index in [1.807, 2.05) is 141 Å². The van der Waals surface area contributed by atoms with Gasteiger partial charge < -0.3 is 30.3 Å². The number of benzene rings is 5. The standard InChI is InChI=1S/C50H55ClN6O6S/c1-5-62-48(63-6-2)35(3)57(32-37-34-64-44-25-17-16-24-42(37)44)47(60)43(53-46(59)33-56(4)55-49(61)52-31-36-26-28-41(51)29-27-36)30-45(58)54-50(38-18-10-7-11-19-38,39-20-12-8-13-21-39)40-22-14-9-15-23-40/h7-29,34-35,43,48H,5-6,30-33H2,1-4H3,(H,53,59)(H,54,58)(H2,52,55,61). The molecule has 5 amide bonds. The van der Waals surface area contributed by atoms with Crippen LogP contribution in [0.2, 0.25) is 5.02 Å². The predicted molar refractivity (Wildman–Crippen MR) is 252 cm³/mol. The minimum atomic E-state index is -1.36. The lowest BCUT2D eigenvalue weighted by Crippen LogP contribution is -2.58. The van der Waals surface area contributed by atoms with Crippen molar-refractivity contribution in [2.24, 2.45) is 0 Å². The average Bonchev–Trinajstić information content (AvgIpc) is 3.72. The van der Waals surface area contributed by atoms with Crippen LogP contribution in [0.1, 0.15) is 55.0 Å². The van der Waals surface area contributed by atoms with Crippen molar-refractivity contribution in [3.8, 4) is 0 Å². The molecule has 0 fully saturated rings. The quantitative estimate of drug-likeness (QED) is 0.0326. The number of ether oxygens (including phenoxy) is 2. The molecule has 2 unspecified atom stereocenters. The molecule has 0 radical (unpaired) electrons. The van der Waals surface area contributed by atoms with E-state index in [4.69, 9.17) is 21.1 Å². The summed E-state index contributed by atoms with van der Waals surface area (Å²) in [6.07, 6.45) is -1.24. The lowest BCUT2D eigenvalue weighted by molar-refractivity contribution is -0.180. The number of urea groups is 1. The van der Waals surface area contributed by atoms with Crippen molar-refractivity contribution in [3.63, 3.8) is 0 Å². The van der Waals surface area contributed by atoms with Crippen molar-refractivity contribution in [1.82, 2.24) is 31.3 Å². The second kappa shape index (κ2) is 23.0. The average molecular weight is 904 g/mol. The molecular formula is C50H55ClN6O6S. The Morgan fingerprint density at radius 1 is 0.734 bits per heavy atom. The van der Waals surface area contributed by atoms with Gasteiger partial charge >= 0.3 is 6.03 Å². The Morgan fingerprint density at radius 3 is 1.84 bits per heavy atom. The summed E-state index contributed by atoms with van der Waals surface area (Å²) in [5.41, 5.74) is 5.58. The van der Waals surface area contributed by atoms with Crippen molar-refractivity contribution in [3.05, 3.63) is 178 Å². The molecule has 0 bridgehead atoms. The van der Waals surface area contributed by atoms with Crippen LogP contribution in [-0.2, 0) is 42.5 Å². The van der Waals surface area contributed by atoms with Gasteiger partial charge in [-0.1, -0.05) is 133 Å². The van der Waals surface area contributed by atoms with Crippen LogP contribution in [0.25, 0.3) is 10.1 Å². The van der Waals surface area contributed by atoms with Crippen LogP contribution in [-0.4, -0.2) is 78.8 Å². The SMILES string of the molecule is CCOC(OCC)C(C)N(Cc1csc2ccccc12)C(=O)C(CC(=O)NC(c1ccccc1)(c1ccccc1)c1ccccc1)NC(=O)CN(C)NC(=O)NCc1ccc(Cl)cc1. The smallest absolute Gasteiger partial charge is 0.329 e. The van der Waals surface area contributed by atoms with Gasteiger partial charge in [0.15, 0.2) is 6.29 Å². The van der Waals surface area contributed by atoms with Gasteiger partial charge in [0.2, 0.25) is 17.7 Å². The molecule has 1 heterocycles. The molecule has 14 heteroatoms. The molecule has 2 atom stereocenters. The number of likely N-dealkylation sites (N-methyl/N-ethyl adjacent to an activating group) is 1. The van der Waals surface area contributed by atoms with Crippen LogP contribution in [0.5, 0.6) is 0 Å². The van der Waals surface area contributed by atoms with E-state index >= 15 is 4.79 Å². The van der Waals surface area contributed by atoms with Gasteiger partial charge in [-0.05, 0) is 77.6 Å². The lowest BCUT2D eigenvalue weighted by atomic mass is 9.77. The zero-order valence-corrected chi connectivity index (χ0v) is 38.0. The monoisotopic (exact) mass is 902 g/mol. The zero-order valence-electron chi connectivity index (χ0n) is 36.5. The first-order chi connectivity index (χ1) is 31.0. The summed E-state index contributed by atoms with van der Waals surface area (Å²) < 4.78 is 13.1. The van der Waals surface area contributed by atoms with Crippen LogP contribution in [0.4, 0.5) is 4.79 Å². The van der Waals surface area contributed by atoms with E-state index in [1.165, 1.54) is 12.1 Å². The van der Waals surface area contributed by atoms with Gasteiger partial charge in [0.25, 0.3) is 0 Å². The maximum absolute atomic E-state index is 15.3. The minimum Gasteiger partial charge on any atom is -0.351 e. The number of fused-ring (bicyclic) bond motifs is 1. The van der Waals surface area contributed by atoms with E-state index in [-0.39, 0.29) is 19.6 Å². The van der Waals surface area contributed by atoms with Gasteiger partial charge in [-0.25, -0.2) is 9.80 Å². The fraction of sp³-hybridized carbons (Fsp3) is 0.280. The molecule has 6 rings (SSSR count). The number of hydrogen-bond acceptors (Lipinski definition) is 8. The van der Waals surface area contributed by atoms with Crippen molar-refractivity contribution < 1.29 is 28.7 Å². The number of nitrogens with zero attached hydrogens (tertiary/aromatic N) is 2. The maximum atomic E-state index is 15.3. The molecule has 0 saturated carbocycles. The van der Waals surface area contributed by atoms with E-state index < -0.39 is 54.1 Å². The summed E-state index contributed by atoms with van der Waals surface area (Å²) in [7, 11) is 1.53. The largest absolute Gasteiger partial charge is 0.351 e. The normalized spacial score (nSPS) is 12.4. The van der Waals surface area contributed by atoms with Crippen molar-refractivity contribution >= 4 is 56.8 Å². The fourth-order valence-corrected chi connectivity index (χ4v) is 8.76. The van der Waals surface area contributed by atoms with Crippen molar-refractivity contribution in [2.75, 3.05) is 26.8 Å². The Hall–Kier alpha value is -6.09. The molecule has 0 aliphatic carbocycles. The molecule has 1 aromatic heterocycles. The van der Waals surface area contributed by atoms with Crippen LogP contribution < -0.4 is 21.4 Å².